The van der Waals surface area contributed by atoms with E-state index in [-0.39, 0.29) is 6.42 Å². The largest absolute Gasteiger partial charge is 0.481 e. The fourth-order valence-electron chi connectivity index (χ4n) is 1.36. The lowest BCUT2D eigenvalue weighted by Crippen LogP contribution is -2.36. The van der Waals surface area contributed by atoms with Gasteiger partial charge in [0.05, 0.1) is 13.5 Å². The maximum absolute atomic E-state index is 11.4. The van der Waals surface area contributed by atoms with E-state index in [1.54, 1.807) is 6.92 Å². The molecule has 1 atom stereocenters. The van der Waals surface area contributed by atoms with Gasteiger partial charge in [-0.05, 0) is 18.6 Å². The van der Waals surface area contributed by atoms with Crippen LogP contribution in [0.3, 0.4) is 0 Å². The Bertz CT molecular complexity index is 332. The number of ether oxygens (including phenoxy) is 1. The molecule has 76 valence electrons. The predicted octanol–water partition coefficient (Wildman–Crippen LogP) is 0.404. The molecule has 0 aliphatic carbocycles. The average Bonchev–Trinajstić information content (AvgIpc) is 2.46. The van der Waals surface area contributed by atoms with Gasteiger partial charge in [0, 0.05) is 6.21 Å². The average molecular weight is 197 g/mol. The van der Waals surface area contributed by atoms with E-state index in [2.05, 4.69) is 9.73 Å². The van der Waals surface area contributed by atoms with E-state index < -0.39 is 17.5 Å². The van der Waals surface area contributed by atoms with Crippen LogP contribution in [0.25, 0.3) is 0 Å². The van der Waals surface area contributed by atoms with E-state index in [1.807, 2.05) is 0 Å². The van der Waals surface area contributed by atoms with Crippen LogP contribution in [0.1, 0.15) is 13.3 Å². The van der Waals surface area contributed by atoms with Gasteiger partial charge in [0.2, 0.25) is 0 Å². The lowest BCUT2D eigenvalue weighted by Gasteiger charge is -2.18. The zero-order valence-corrected chi connectivity index (χ0v) is 7.98. The van der Waals surface area contributed by atoms with Crippen LogP contribution in [-0.4, -0.2) is 35.9 Å². The molecule has 14 heavy (non-hydrogen) atoms. The number of allylic oxidation sites excluding steroid dienone is 1. The van der Waals surface area contributed by atoms with Crippen molar-refractivity contribution >= 4 is 18.2 Å². The molecule has 0 spiro atoms. The van der Waals surface area contributed by atoms with Crippen molar-refractivity contribution in [3.8, 4) is 0 Å². The number of aliphatic imine (C=N–C) groups is 1. The third-order valence-electron chi connectivity index (χ3n) is 1.92. The summed E-state index contributed by atoms with van der Waals surface area (Å²) in [7, 11) is 1.21. The van der Waals surface area contributed by atoms with Crippen LogP contribution in [0, 0.1) is 0 Å². The van der Waals surface area contributed by atoms with Crippen LogP contribution in [0.2, 0.25) is 0 Å². The molecule has 0 saturated carbocycles. The summed E-state index contributed by atoms with van der Waals surface area (Å²) in [5, 5.41) is 8.66. The molecule has 5 nitrogen and oxygen atoms in total. The zero-order chi connectivity index (χ0) is 10.8. The van der Waals surface area contributed by atoms with E-state index in [9.17, 15) is 9.59 Å². The minimum Gasteiger partial charge on any atom is -0.481 e. The van der Waals surface area contributed by atoms with Crippen LogP contribution >= 0.6 is 0 Å². The van der Waals surface area contributed by atoms with Crippen molar-refractivity contribution in [3.63, 3.8) is 0 Å². The number of rotatable bonds is 3. The molecule has 0 aromatic rings. The first-order chi connectivity index (χ1) is 6.50. The Morgan fingerprint density at radius 3 is 2.64 bits per heavy atom. The molecule has 0 radical (unpaired) electrons. The second-order valence-electron chi connectivity index (χ2n) is 3.13. The molecular weight excluding hydrogens is 186 g/mol. The lowest BCUT2D eigenvalue weighted by atomic mass is 9.96. The van der Waals surface area contributed by atoms with Crippen molar-refractivity contribution in [1.29, 1.82) is 0 Å². The number of carbonyl (C=O) groups excluding carboxylic acids is 1. The number of nitrogens with zero attached hydrogens (tertiary/aromatic N) is 1. The van der Waals surface area contributed by atoms with Crippen LogP contribution < -0.4 is 0 Å². The highest BCUT2D eigenvalue weighted by atomic mass is 16.5. The van der Waals surface area contributed by atoms with Crippen molar-refractivity contribution in [2.24, 2.45) is 4.99 Å². The summed E-state index contributed by atoms with van der Waals surface area (Å²) in [6.07, 6.45) is 2.60. The highest BCUT2D eigenvalue weighted by molar-refractivity contribution is 5.96. The number of hydrogen-bond acceptors (Lipinski definition) is 4. The Kier molecular flexibility index (Phi) is 2.69. The summed E-state index contributed by atoms with van der Waals surface area (Å²) < 4.78 is 4.53. The Hall–Kier alpha value is -1.65. The normalized spacial score (nSPS) is 24.6. The van der Waals surface area contributed by atoms with E-state index >= 15 is 0 Å². The molecule has 5 heteroatoms. The molecule has 1 aliphatic heterocycles. The fraction of sp³-hybridized carbons (Fsp3) is 0.444. The molecule has 0 aromatic heterocycles. The van der Waals surface area contributed by atoms with Crippen molar-refractivity contribution < 1.29 is 19.4 Å². The van der Waals surface area contributed by atoms with Gasteiger partial charge in [-0.1, -0.05) is 0 Å². The number of methoxy groups -OCH3 is 1. The summed E-state index contributed by atoms with van der Waals surface area (Å²) >= 11 is 0. The van der Waals surface area contributed by atoms with Gasteiger partial charge in [0.1, 0.15) is 0 Å². The topological polar surface area (TPSA) is 76.0 Å². The highest BCUT2D eigenvalue weighted by Gasteiger charge is 2.41. The third-order valence-corrected chi connectivity index (χ3v) is 1.92. The monoisotopic (exact) mass is 197 g/mol. The molecule has 1 aliphatic rings. The summed E-state index contributed by atoms with van der Waals surface area (Å²) in [5.74, 6) is -1.73. The zero-order valence-electron chi connectivity index (χ0n) is 7.98. The first-order valence-electron chi connectivity index (χ1n) is 4.05. The van der Waals surface area contributed by atoms with Crippen LogP contribution in [0.5, 0.6) is 0 Å². The SMILES string of the molecule is COC(=O)C1(CC(=O)O)C=C(C)C=N1. The molecule has 0 bridgehead atoms. The number of aliphatic carboxylic acids is 1. The predicted molar refractivity (Wildman–Crippen MR) is 49.2 cm³/mol. The van der Waals surface area contributed by atoms with E-state index in [0.717, 1.165) is 5.57 Å². The molecular formula is C9H11NO4. The number of carboxylic acid groups (broad SMARTS) is 1. The number of esters is 1. The summed E-state index contributed by atoms with van der Waals surface area (Å²) in [5.41, 5.74) is -0.596. The maximum atomic E-state index is 11.4. The van der Waals surface area contributed by atoms with Crippen LogP contribution in [0.4, 0.5) is 0 Å². The number of hydrogen-bond donors (Lipinski definition) is 1. The molecule has 1 rings (SSSR count). The van der Waals surface area contributed by atoms with Gasteiger partial charge >= 0.3 is 11.9 Å². The molecule has 1 unspecified atom stereocenters. The van der Waals surface area contributed by atoms with Gasteiger partial charge < -0.3 is 9.84 Å². The summed E-state index contributed by atoms with van der Waals surface area (Å²) in [6, 6.07) is 0. The van der Waals surface area contributed by atoms with Crippen LogP contribution in [-0.2, 0) is 14.3 Å². The van der Waals surface area contributed by atoms with Gasteiger partial charge in [-0.15, -0.1) is 0 Å². The van der Waals surface area contributed by atoms with Gasteiger partial charge in [0.25, 0.3) is 0 Å². The molecule has 0 saturated heterocycles. The quantitative estimate of drug-likeness (QED) is 0.664. The molecule has 0 amide bonds. The van der Waals surface area contributed by atoms with Crippen molar-refractivity contribution in [1.82, 2.24) is 0 Å². The Morgan fingerprint density at radius 1 is 1.64 bits per heavy atom. The fourth-order valence-corrected chi connectivity index (χ4v) is 1.36. The lowest BCUT2D eigenvalue weighted by molar-refractivity contribution is -0.150. The summed E-state index contributed by atoms with van der Waals surface area (Å²) in [6.45, 7) is 1.75. The van der Waals surface area contributed by atoms with Crippen molar-refractivity contribution in [3.05, 3.63) is 11.6 Å². The summed E-state index contributed by atoms with van der Waals surface area (Å²) in [4.78, 5) is 25.8. The second kappa shape index (κ2) is 3.61. The molecule has 1 heterocycles. The third kappa shape index (κ3) is 1.81. The Morgan fingerprint density at radius 2 is 2.29 bits per heavy atom. The second-order valence-corrected chi connectivity index (χ2v) is 3.13. The maximum Gasteiger partial charge on any atom is 0.338 e. The van der Waals surface area contributed by atoms with E-state index in [0.29, 0.717) is 0 Å². The van der Waals surface area contributed by atoms with Crippen molar-refractivity contribution in [2.75, 3.05) is 7.11 Å². The Balaban J connectivity index is 2.99. The standard InChI is InChI=1S/C9H11NO4/c1-6-3-9(10-5-6,4-7(11)12)8(13)14-2/h3,5H,4H2,1-2H3,(H,11,12). The van der Waals surface area contributed by atoms with Gasteiger partial charge in [-0.2, -0.15) is 0 Å². The Labute approximate surface area is 81.1 Å². The van der Waals surface area contributed by atoms with Gasteiger partial charge in [0.15, 0.2) is 5.54 Å². The molecule has 1 N–H and O–H groups in total. The molecule has 0 fully saturated rings. The van der Waals surface area contributed by atoms with Crippen molar-refractivity contribution in [2.45, 2.75) is 18.9 Å². The first kappa shape index (κ1) is 10.4. The number of carboxylic acids is 1. The molecule has 0 aromatic carbocycles. The van der Waals surface area contributed by atoms with Gasteiger partial charge in [-0.25, -0.2) is 4.79 Å². The smallest absolute Gasteiger partial charge is 0.338 e. The minimum absolute atomic E-state index is 0.381. The number of carbonyl (C=O) groups is 2. The van der Waals surface area contributed by atoms with E-state index in [4.69, 9.17) is 5.11 Å². The van der Waals surface area contributed by atoms with E-state index in [1.165, 1.54) is 19.4 Å². The minimum atomic E-state index is -1.36. The van der Waals surface area contributed by atoms with Gasteiger partial charge in [-0.3, -0.25) is 9.79 Å². The first-order valence-corrected chi connectivity index (χ1v) is 4.05. The highest BCUT2D eigenvalue weighted by Crippen LogP contribution is 2.26. The van der Waals surface area contributed by atoms with Crippen LogP contribution in [0.15, 0.2) is 16.6 Å².